The van der Waals surface area contributed by atoms with Crippen LogP contribution in [0.15, 0.2) is 18.3 Å². The van der Waals surface area contributed by atoms with Gasteiger partial charge in [-0.05, 0) is 70.2 Å². The highest BCUT2D eigenvalue weighted by molar-refractivity contribution is 5.90. The topological polar surface area (TPSA) is 83.6 Å². The normalized spacial score (nSPS) is 25.6. The van der Waals surface area contributed by atoms with Gasteiger partial charge in [-0.3, -0.25) is 19.5 Å². The van der Waals surface area contributed by atoms with E-state index in [1.807, 2.05) is 6.92 Å². The minimum Gasteiger partial charge on any atom is -0.379 e. The van der Waals surface area contributed by atoms with E-state index in [0.717, 1.165) is 19.3 Å². The number of nitrogens with zero attached hydrogens (tertiary/aromatic N) is 2. The van der Waals surface area contributed by atoms with E-state index in [9.17, 15) is 14.0 Å². The lowest BCUT2D eigenvalue weighted by molar-refractivity contribution is -0.138. The number of ether oxygens (including phenoxy) is 1. The Bertz CT molecular complexity index is 796. The third-order valence-electron chi connectivity index (χ3n) is 6.78. The molecule has 184 valence electrons. The van der Waals surface area contributed by atoms with Crippen molar-refractivity contribution in [3.8, 4) is 0 Å². The van der Waals surface area contributed by atoms with Crippen molar-refractivity contribution < 1.29 is 18.7 Å². The van der Waals surface area contributed by atoms with Crippen LogP contribution in [0, 0.1) is 17.2 Å². The fourth-order valence-corrected chi connectivity index (χ4v) is 4.80. The summed E-state index contributed by atoms with van der Waals surface area (Å²) in [5, 5.41) is 6.10. The summed E-state index contributed by atoms with van der Waals surface area (Å²) < 4.78 is 19.8. The first kappa shape index (κ1) is 25.6. The fraction of sp³-hybridized carbons (Fsp3) is 0.720. The molecule has 2 fully saturated rings. The number of hydrogen-bond donors (Lipinski definition) is 2. The van der Waals surface area contributed by atoms with Crippen LogP contribution in [0.1, 0.15) is 65.0 Å². The molecule has 2 N–H and O–H groups in total. The Morgan fingerprint density at radius 3 is 2.67 bits per heavy atom. The lowest BCUT2D eigenvalue weighted by atomic mass is 9.73. The Kier molecular flexibility index (Phi) is 9.20. The van der Waals surface area contributed by atoms with Crippen LogP contribution in [0.3, 0.4) is 0 Å². The van der Waals surface area contributed by atoms with Crippen molar-refractivity contribution >= 4 is 11.8 Å². The molecule has 2 atom stereocenters. The van der Waals surface area contributed by atoms with Crippen LogP contribution in [0.5, 0.6) is 0 Å². The van der Waals surface area contributed by atoms with Crippen molar-refractivity contribution in [3.05, 3.63) is 29.8 Å². The lowest BCUT2D eigenvalue weighted by Crippen LogP contribution is -2.55. The van der Waals surface area contributed by atoms with Crippen molar-refractivity contribution in [2.75, 3.05) is 26.3 Å². The Hall–Kier alpha value is -2.06. The van der Waals surface area contributed by atoms with E-state index in [2.05, 4.69) is 34.4 Å². The molecule has 3 rings (SSSR count). The van der Waals surface area contributed by atoms with Gasteiger partial charge >= 0.3 is 0 Å². The molecule has 7 nitrogen and oxygen atoms in total. The van der Waals surface area contributed by atoms with Crippen LogP contribution in [0.2, 0.25) is 0 Å². The number of nitrogens with one attached hydrogen (secondary N) is 2. The average molecular weight is 463 g/mol. The molecule has 1 aromatic heterocycles. The van der Waals surface area contributed by atoms with E-state index < -0.39 is 11.5 Å². The van der Waals surface area contributed by atoms with Crippen LogP contribution in [0.4, 0.5) is 4.39 Å². The number of pyridine rings is 1. The maximum atomic E-state index is 14.1. The van der Waals surface area contributed by atoms with Gasteiger partial charge in [-0.25, -0.2) is 4.39 Å². The maximum absolute atomic E-state index is 14.1. The Balaban J connectivity index is 1.72. The zero-order valence-electron chi connectivity index (χ0n) is 20.2. The van der Waals surface area contributed by atoms with Crippen LogP contribution in [-0.2, 0) is 20.9 Å². The minimum atomic E-state index is -0.557. The molecule has 1 spiro atoms. The second-order valence-corrected chi connectivity index (χ2v) is 10.1. The first-order chi connectivity index (χ1) is 15.8. The number of likely N-dealkylation sites (tertiary alicyclic amines) is 1. The highest BCUT2D eigenvalue weighted by Gasteiger charge is 2.42. The Labute approximate surface area is 196 Å². The van der Waals surface area contributed by atoms with E-state index >= 15 is 0 Å². The Morgan fingerprint density at radius 2 is 1.97 bits per heavy atom. The Morgan fingerprint density at radius 1 is 1.21 bits per heavy atom. The van der Waals surface area contributed by atoms with Crippen LogP contribution in [-0.4, -0.2) is 60.1 Å². The number of carbonyl (C=O) groups is 2. The first-order valence-corrected chi connectivity index (χ1v) is 12.3. The molecule has 0 radical (unpaired) electrons. The molecule has 1 aromatic rings. The van der Waals surface area contributed by atoms with Gasteiger partial charge in [0.25, 0.3) is 0 Å². The minimum absolute atomic E-state index is 0.0280. The van der Waals surface area contributed by atoms with Gasteiger partial charge in [-0.1, -0.05) is 20.3 Å². The summed E-state index contributed by atoms with van der Waals surface area (Å²) in [6.07, 6.45) is 6.10. The number of amides is 2. The SMILES string of the molecule is CC(C)C[C@@H]1NC(=O)C2(CCCCOC[C@@H](C)NC1=O)CCN(Cc1ncccc1F)CC2. The molecule has 3 heterocycles. The fourth-order valence-electron chi connectivity index (χ4n) is 4.80. The lowest BCUT2D eigenvalue weighted by Gasteiger charge is -2.41. The van der Waals surface area contributed by atoms with E-state index in [4.69, 9.17) is 4.74 Å². The molecule has 8 heteroatoms. The maximum Gasteiger partial charge on any atom is 0.242 e. The van der Waals surface area contributed by atoms with E-state index in [1.165, 1.54) is 6.07 Å². The van der Waals surface area contributed by atoms with Gasteiger partial charge in [0.15, 0.2) is 0 Å². The number of rotatable bonds is 4. The summed E-state index contributed by atoms with van der Waals surface area (Å²) in [6.45, 7) is 8.95. The van der Waals surface area contributed by atoms with Gasteiger partial charge < -0.3 is 15.4 Å². The highest BCUT2D eigenvalue weighted by atomic mass is 19.1. The van der Waals surface area contributed by atoms with Gasteiger partial charge in [0.2, 0.25) is 11.8 Å². The molecule has 2 aliphatic heterocycles. The number of piperidine rings is 1. The summed E-state index contributed by atoms with van der Waals surface area (Å²) in [5.74, 6) is -0.200. The van der Waals surface area contributed by atoms with Gasteiger partial charge in [0.05, 0.1) is 17.7 Å². The predicted octanol–water partition coefficient (Wildman–Crippen LogP) is 3.04. The van der Waals surface area contributed by atoms with Crippen molar-refractivity contribution in [1.82, 2.24) is 20.5 Å². The molecule has 0 saturated carbocycles. The van der Waals surface area contributed by atoms with E-state index in [-0.39, 0.29) is 29.6 Å². The molecule has 0 aromatic carbocycles. The molecular weight excluding hydrogens is 423 g/mol. The molecule has 0 aliphatic carbocycles. The summed E-state index contributed by atoms with van der Waals surface area (Å²) in [4.78, 5) is 32.9. The molecule has 33 heavy (non-hydrogen) atoms. The van der Waals surface area contributed by atoms with Crippen molar-refractivity contribution in [2.45, 2.75) is 77.9 Å². The van der Waals surface area contributed by atoms with Crippen LogP contribution >= 0.6 is 0 Å². The number of halogens is 1. The summed E-state index contributed by atoms with van der Waals surface area (Å²) in [6, 6.07) is 2.36. The zero-order chi connectivity index (χ0) is 23.8. The zero-order valence-corrected chi connectivity index (χ0v) is 20.2. The van der Waals surface area contributed by atoms with Crippen LogP contribution < -0.4 is 10.6 Å². The molecule has 2 amide bonds. The molecular formula is C25H39FN4O3. The van der Waals surface area contributed by atoms with Gasteiger partial charge in [0, 0.05) is 25.4 Å². The van der Waals surface area contributed by atoms with Gasteiger partial charge in [-0.15, -0.1) is 0 Å². The quantitative estimate of drug-likeness (QED) is 0.719. The van der Waals surface area contributed by atoms with Crippen molar-refractivity contribution in [3.63, 3.8) is 0 Å². The smallest absolute Gasteiger partial charge is 0.242 e. The van der Waals surface area contributed by atoms with Crippen molar-refractivity contribution in [1.29, 1.82) is 0 Å². The number of aromatic nitrogens is 1. The molecule has 2 saturated heterocycles. The third kappa shape index (κ3) is 7.21. The highest BCUT2D eigenvalue weighted by Crippen LogP contribution is 2.38. The second-order valence-electron chi connectivity index (χ2n) is 10.1. The second kappa shape index (κ2) is 11.9. The number of hydrogen-bond acceptors (Lipinski definition) is 5. The van der Waals surface area contributed by atoms with Gasteiger partial charge in [-0.2, -0.15) is 0 Å². The largest absolute Gasteiger partial charge is 0.379 e. The van der Waals surface area contributed by atoms with E-state index in [0.29, 0.717) is 57.8 Å². The standard InChI is InChI=1S/C25H39FN4O3/c1-18(2)15-21-23(31)28-19(3)17-33-14-5-4-8-25(24(32)29-21)9-12-30(13-10-25)16-22-20(26)7-6-11-27-22/h6-7,11,18-19,21H,4-5,8-10,12-17H2,1-3H3,(H,28,31)(H,29,32)/t19-,21+/m1/s1. The first-order valence-electron chi connectivity index (χ1n) is 12.3. The predicted molar refractivity (Wildman–Crippen MR) is 125 cm³/mol. The van der Waals surface area contributed by atoms with E-state index in [1.54, 1.807) is 12.3 Å². The molecule has 0 unspecified atom stereocenters. The van der Waals surface area contributed by atoms with Gasteiger partial charge in [0.1, 0.15) is 11.9 Å². The van der Waals surface area contributed by atoms with Crippen molar-refractivity contribution in [2.24, 2.45) is 11.3 Å². The summed E-state index contributed by atoms with van der Waals surface area (Å²) in [7, 11) is 0. The summed E-state index contributed by atoms with van der Waals surface area (Å²) >= 11 is 0. The monoisotopic (exact) mass is 462 g/mol. The summed E-state index contributed by atoms with van der Waals surface area (Å²) in [5.41, 5.74) is -0.0817. The molecule has 0 bridgehead atoms. The number of carbonyl (C=O) groups excluding carboxylic acids is 2. The third-order valence-corrected chi connectivity index (χ3v) is 6.78. The molecule has 2 aliphatic rings. The average Bonchev–Trinajstić information content (AvgIpc) is 2.78. The van der Waals surface area contributed by atoms with Crippen LogP contribution in [0.25, 0.3) is 0 Å².